The van der Waals surface area contributed by atoms with E-state index in [2.05, 4.69) is 9.72 Å². The minimum atomic E-state index is -2.89. The molecule has 0 aliphatic carbocycles. The monoisotopic (exact) mass is 287 g/mol. The fraction of sp³-hybridized carbons (Fsp3) is 0.333. The summed E-state index contributed by atoms with van der Waals surface area (Å²) in [5, 5.41) is 0. The maximum atomic E-state index is 12.8. The van der Waals surface area contributed by atoms with Crippen molar-refractivity contribution in [1.82, 2.24) is 4.98 Å². The predicted octanol–water partition coefficient (Wildman–Crippen LogP) is 3.83. The van der Waals surface area contributed by atoms with Crippen LogP contribution >= 0.6 is 11.3 Å². The smallest absolute Gasteiger partial charge is 0.376 e. The van der Waals surface area contributed by atoms with Crippen molar-refractivity contribution in [3.05, 3.63) is 28.5 Å². The van der Waals surface area contributed by atoms with Gasteiger partial charge in [-0.1, -0.05) is 0 Å². The number of nitrogens with zero attached hydrogens (tertiary/aromatic N) is 1. The van der Waals surface area contributed by atoms with E-state index in [1.54, 1.807) is 13.0 Å². The number of carbonyl (C=O) groups is 1. The van der Waals surface area contributed by atoms with Crippen LogP contribution in [0.5, 0.6) is 0 Å². The van der Waals surface area contributed by atoms with E-state index in [1.807, 2.05) is 13.0 Å². The molecule has 0 spiro atoms. The molecule has 0 fully saturated rings. The summed E-state index contributed by atoms with van der Waals surface area (Å²) in [5.41, 5.74) is -0.681. The number of hydrogen-bond donors (Lipinski definition) is 0. The first-order chi connectivity index (χ1) is 9.02. The molecule has 2 aromatic rings. The highest BCUT2D eigenvalue weighted by Crippen LogP contribution is 2.32. The standard InChI is InChI=1S/C12H11F2NO3S/c1-3-17-12(16)9-8(10(13)14)15-11(18-9)7-5-4-6(2)19-7/h4-5,10H,3H2,1-2H3. The molecule has 0 aliphatic rings. The molecule has 0 unspecified atom stereocenters. The summed E-state index contributed by atoms with van der Waals surface area (Å²) < 4.78 is 35.5. The lowest BCUT2D eigenvalue weighted by Gasteiger charge is -1.99. The van der Waals surface area contributed by atoms with Crippen molar-refractivity contribution < 1.29 is 22.7 Å². The van der Waals surface area contributed by atoms with Crippen LogP contribution in [0, 0.1) is 6.92 Å². The topological polar surface area (TPSA) is 52.3 Å². The van der Waals surface area contributed by atoms with Crippen LogP contribution in [0.3, 0.4) is 0 Å². The Hall–Kier alpha value is -1.76. The molecule has 0 amide bonds. The maximum absolute atomic E-state index is 12.8. The molecule has 0 bridgehead atoms. The second kappa shape index (κ2) is 5.48. The van der Waals surface area contributed by atoms with Gasteiger partial charge < -0.3 is 9.15 Å². The van der Waals surface area contributed by atoms with Crippen LogP contribution in [0.25, 0.3) is 10.8 Å². The van der Waals surface area contributed by atoms with Gasteiger partial charge in [-0.3, -0.25) is 0 Å². The lowest BCUT2D eigenvalue weighted by molar-refractivity contribution is 0.0476. The average molecular weight is 287 g/mol. The molecule has 0 atom stereocenters. The second-order valence-electron chi connectivity index (χ2n) is 3.66. The highest BCUT2D eigenvalue weighted by Gasteiger charge is 2.28. The van der Waals surface area contributed by atoms with E-state index in [1.165, 1.54) is 11.3 Å². The van der Waals surface area contributed by atoms with E-state index in [4.69, 9.17) is 4.42 Å². The summed E-state index contributed by atoms with van der Waals surface area (Å²) in [6, 6.07) is 3.52. The lowest BCUT2D eigenvalue weighted by atomic mass is 10.3. The van der Waals surface area contributed by atoms with Crippen molar-refractivity contribution in [2.45, 2.75) is 20.3 Å². The number of aryl methyl sites for hydroxylation is 1. The molecule has 102 valence electrons. The Morgan fingerprint density at radius 2 is 2.26 bits per heavy atom. The minimum absolute atomic E-state index is 0.0106. The number of thiophene rings is 1. The first kappa shape index (κ1) is 13.7. The van der Waals surface area contributed by atoms with Gasteiger partial charge in [-0.2, -0.15) is 0 Å². The first-order valence-electron chi connectivity index (χ1n) is 5.55. The van der Waals surface area contributed by atoms with Gasteiger partial charge in [0.25, 0.3) is 6.43 Å². The van der Waals surface area contributed by atoms with Gasteiger partial charge in [-0.25, -0.2) is 18.6 Å². The van der Waals surface area contributed by atoms with Gasteiger partial charge in [0.15, 0.2) is 5.69 Å². The van der Waals surface area contributed by atoms with Gasteiger partial charge in [0.2, 0.25) is 11.7 Å². The average Bonchev–Trinajstić information content (AvgIpc) is 2.94. The van der Waals surface area contributed by atoms with E-state index < -0.39 is 23.8 Å². The number of aromatic nitrogens is 1. The molecule has 2 rings (SSSR count). The van der Waals surface area contributed by atoms with Crippen LogP contribution in [0.15, 0.2) is 16.5 Å². The summed E-state index contributed by atoms with van der Waals surface area (Å²) in [6.45, 7) is 3.53. The van der Waals surface area contributed by atoms with E-state index in [0.717, 1.165) is 4.88 Å². The molecular formula is C12H11F2NO3S. The Balaban J connectivity index is 2.43. The fourth-order valence-corrected chi connectivity index (χ4v) is 2.27. The minimum Gasteiger partial charge on any atom is -0.460 e. The molecule has 7 heteroatoms. The highest BCUT2D eigenvalue weighted by molar-refractivity contribution is 7.15. The molecule has 2 aromatic heterocycles. The van der Waals surface area contributed by atoms with Crippen molar-refractivity contribution in [1.29, 1.82) is 0 Å². The summed E-state index contributed by atoms with van der Waals surface area (Å²) in [5.74, 6) is -1.45. The zero-order valence-electron chi connectivity index (χ0n) is 10.3. The number of oxazole rings is 1. The summed E-state index contributed by atoms with van der Waals surface area (Å²) in [7, 11) is 0. The van der Waals surface area contributed by atoms with Gasteiger partial charge in [0.05, 0.1) is 11.5 Å². The van der Waals surface area contributed by atoms with E-state index in [-0.39, 0.29) is 12.5 Å². The molecule has 19 heavy (non-hydrogen) atoms. The van der Waals surface area contributed by atoms with E-state index >= 15 is 0 Å². The Labute approximate surface area is 112 Å². The molecule has 0 radical (unpaired) electrons. The van der Waals surface area contributed by atoms with Gasteiger partial charge in [-0.15, -0.1) is 11.3 Å². The largest absolute Gasteiger partial charge is 0.460 e. The molecule has 0 aromatic carbocycles. The zero-order chi connectivity index (χ0) is 14.0. The third kappa shape index (κ3) is 2.81. The van der Waals surface area contributed by atoms with Crippen molar-refractivity contribution >= 4 is 17.3 Å². The lowest BCUT2D eigenvalue weighted by Crippen LogP contribution is -2.06. The first-order valence-corrected chi connectivity index (χ1v) is 6.37. The SMILES string of the molecule is CCOC(=O)c1oc(-c2ccc(C)s2)nc1C(F)F. The number of ether oxygens (including phenoxy) is 1. The van der Waals surface area contributed by atoms with Crippen LogP contribution in [0.2, 0.25) is 0 Å². The number of carbonyl (C=O) groups excluding carboxylic acids is 1. The third-order valence-electron chi connectivity index (χ3n) is 2.27. The Kier molecular flexibility index (Phi) is 3.94. The van der Waals surface area contributed by atoms with Crippen LogP contribution in [0.4, 0.5) is 8.78 Å². The normalized spacial score (nSPS) is 11.0. The Morgan fingerprint density at radius 3 is 2.79 bits per heavy atom. The molecule has 0 N–H and O–H groups in total. The summed E-state index contributed by atoms with van der Waals surface area (Å²) >= 11 is 1.35. The Bertz CT molecular complexity index is 592. The van der Waals surface area contributed by atoms with Crippen LogP contribution < -0.4 is 0 Å². The van der Waals surface area contributed by atoms with E-state index in [0.29, 0.717) is 4.88 Å². The number of hydrogen-bond acceptors (Lipinski definition) is 5. The van der Waals surface area contributed by atoms with Crippen LogP contribution in [-0.2, 0) is 4.74 Å². The number of esters is 1. The Morgan fingerprint density at radius 1 is 1.53 bits per heavy atom. The summed E-state index contributed by atoms with van der Waals surface area (Å²) in [4.78, 5) is 16.8. The van der Waals surface area contributed by atoms with Crippen molar-refractivity contribution in [3.8, 4) is 10.8 Å². The van der Waals surface area contributed by atoms with Gasteiger partial charge >= 0.3 is 5.97 Å². The van der Waals surface area contributed by atoms with Crippen LogP contribution in [-0.4, -0.2) is 17.6 Å². The molecule has 2 heterocycles. The molecule has 0 saturated heterocycles. The van der Waals surface area contributed by atoms with Crippen molar-refractivity contribution in [2.24, 2.45) is 0 Å². The van der Waals surface area contributed by atoms with Crippen molar-refractivity contribution in [2.75, 3.05) is 6.61 Å². The predicted molar refractivity (Wildman–Crippen MR) is 65.5 cm³/mol. The number of alkyl halides is 2. The third-order valence-corrected chi connectivity index (χ3v) is 3.26. The zero-order valence-corrected chi connectivity index (χ0v) is 11.1. The maximum Gasteiger partial charge on any atom is 0.376 e. The quantitative estimate of drug-likeness (QED) is 0.802. The molecule has 0 saturated carbocycles. The molecule has 4 nitrogen and oxygen atoms in total. The van der Waals surface area contributed by atoms with Gasteiger partial charge in [0.1, 0.15) is 0 Å². The van der Waals surface area contributed by atoms with Gasteiger partial charge in [0, 0.05) is 4.88 Å². The second-order valence-corrected chi connectivity index (χ2v) is 4.95. The molecule has 0 aliphatic heterocycles. The number of rotatable bonds is 4. The summed E-state index contributed by atoms with van der Waals surface area (Å²) in [6.07, 6.45) is -2.89. The fourth-order valence-electron chi connectivity index (χ4n) is 1.48. The number of halogens is 2. The van der Waals surface area contributed by atoms with Gasteiger partial charge in [-0.05, 0) is 26.0 Å². The molecular weight excluding hydrogens is 276 g/mol. The van der Waals surface area contributed by atoms with Crippen LogP contribution in [0.1, 0.15) is 34.5 Å². The highest BCUT2D eigenvalue weighted by atomic mass is 32.1. The van der Waals surface area contributed by atoms with Crippen molar-refractivity contribution in [3.63, 3.8) is 0 Å². The van der Waals surface area contributed by atoms with E-state index in [9.17, 15) is 13.6 Å².